The lowest BCUT2D eigenvalue weighted by atomic mass is 9.73. The predicted octanol–water partition coefficient (Wildman–Crippen LogP) is 4.78. The van der Waals surface area contributed by atoms with Crippen molar-refractivity contribution in [2.45, 2.75) is 19.3 Å². The number of esters is 1. The van der Waals surface area contributed by atoms with Crippen LogP contribution in [0.25, 0.3) is 5.57 Å². The predicted molar refractivity (Wildman–Crippen MR) is 116 cm³/mol. The summed E-state index contributed by atoms with van der Waals surface area (Å²) in [6.45, 7) is 1.31. The summed E-state index contributed by atoms with van der Waals surface area (Å²) in [6.07, 6.45) is 1.76. The molecule has 2 unspecified atom stereocenters. The van der Waals surface area contributed by atoms with E-state index in [0.717, 1.165) is 5.56 Å². The lowest BCUT2D eigenvalue weighted by molar-refractivity contribution is -0.151. The van der Waals surface area contributed by atoms with Gasteiger partial charge in [-0.25, -0.2) is 4.79 Å². The van der Waals surface area contributed by atoms with Crippen molar-refractivity contribution in [1.82, 2.24) is 0 Å². The SMILES string of the molecule is CCOC(=O)C1C(=O)C=C(c2ccc(OCC(=O)O)c(Cl)c2Cl)CC1c1ccccc1. The van der Waals surface area contributed by atoms with Crippen LogP contribution < -0.4 is 4.74 Å². The van der Waals surface area contributed by atoms with Crippen LogP contribution >= 0.6 is 23.2 Å². The van der Waals surface area contributed by atoms with Crippen molar-refractivity contribution in [3.05, 3.63) is 69.7 Å². The molecule has 0 aliphatic heterocycles. The Morgan fingerprint density at radius 3 is 2.45 bits per heavy atom. The van der Waals surface area contributed by atoms with Crippen LogP contribution in [0.4, 0.5) is 0 Å². The van der Waals surface area contributed by atoms with Gasteiger partial charge in [0.15, 0.2) is 12.4 Å². The molecule has 2 atom stereocenters. The smallest absolute Gasteiger partial charge is 0.341 e. The van der Waals surface area contributed by atoms with Crippen LogP contribution in [-0.4, -0.2) is 36.0 Å². The largest absolute Gasteiger partial charge is 0.480 e. The number of allylic oxidation sites excluding steroid dienone is 2. The molecule has 31 heavy (non-hydrogen) atoms. The fraction of sp³-hybridized carbons (Fsp3) is 0.261. The van der Waals surface area contributed by atoms with Gasteiger partial charge in [-0.3, -0.25) is 9.59 Å². The summed E-state index contributed by atoms with van der Waals surface area (Å²) >= 11 is 12.7. The highest BCUT2D eigenvalue weighted by Gasteiger charge is 2.40. The fourth-order valence-electron chi connectivity index (χ4n) is 3.61. The first kappa shape index (κ1) is 22.8. The molecule has 0 spiro atoms. The van der Waals surface area contributed by atoms with Gasteiger partial charge in [-0.05, 0) is 48.3 Å². The molecule has 0 heterocycles. The number of hydrogen-bond acceptors (Lipinski definition) is 5. The molecule has 1 N–H and O–H groups in total. The molecule has 0 saturated heterocycles. The normalized spacial score (nSPS) is 18.3. The minimum absolute atomic E-state index is 0.0533. The van der Waals surface area contributed by atoms with Crippen LogP contribution in [0.15, 0.2) is 48.5 Å². The van der Waals surface area contributed by atoms with E-state index in [0.29, 0.717) is 17.6 Å². The van der Waals surface area contributed by atoms with Crippen molar-refractivity contribution in [2.75, 3.05) is 13.2 Å². The van der Waals surface area contributed by atoms with E-state index in [2.05, 4.69) is 0 Å². The Balaban J connectivity index is 2.00. The van der Waals surface area contributed by atoms with Gasteiger partial charge in [0.2, 0.25) is 0 Å². The second kappa shape index (κ2) is 9.98. The third kappa shape index (κ3) is 5.09. The maximum absolute atomic E-state index is 13.0. The summed E-state index contributed by atoms with van der Waals surface area (Å²) < 4.78 is 10.3. The molecule has 8 heteroatoms. The Labute approximate surface area is 189 Å². The highest BCUT2D eigenvalue weighted by Crippen LogP contribution is 2.44. The molecule has 0 saturated carbocycles. The van der Waals surface area contributed by atoms with E-state index in [9.17, 15) is 14.4 Å². The highest BCUT2D eigenvalue weighted by atomic mass is 35.5. The molecule has 1 aliphatic rings. The van der Waals surface area contributed by atoms with Gasteiger partial charge in [-0.1, -0.05) is 53.5 Å². The lowest BCUT2D eigenvalue weighted by Gasteiger charge is -2.30. The Bertz CT molecular complexity index is 1030. The maximum Gasteiger partial charge on any atom is 0.341 e. The van der Waals surface area contributed by atoms with Gasteiger partial charge < -0.3 is 14.6 Å². The standard InChI is InChI=1S/C23H20Cl2O6/c1-2-30-23(29)20-16(13-6-4-3-5-7-13)10-14(11-17(20)26)15-8-9-18(22(25)21(15)24)31-12-19(27)28/h3-9,11,16,20H,2,10,12H2,1H3,(H,27,28). The van der Waals surface area contributed by atoms with Crippen LogP contribution in [0, 0.1) is 5.92 Å². The molecule has 2 aromatic rings. The average molecular weight is 463 g/mol. The zero-order valence-electron chi connectivity index (χ0n) is 16.6. The molecule has 6 nitrogen and oxygen atoms in total. The molecule has 0 aromatic heterocycles. The first-order valence-corrected chi connectivity index (χ1v) is 10.4. The quantitative estimate of drug-likeness (QED) is 0.470. The van der Waals surface area contributed by atoms with Crippen molar-refractivity contribution in [2.24, 2.45) is 5.92 Å². The number of hydrogen-bond donors (Lipinski definition) is 1. The Kier molecular flexibility index (Phi) is 7.36. The van der Waals surface area contributed by atoms with Crippen LogP contribution in [0.2, 0.25) is 10.0 Å². The lowest BCUT2D eigenvalue weighted by Crippen LogP contribution is -2.34. The number of halogens is 2. The van der Waals surface area contributed by atoms with E-state index < -0.39 is 30.4 Å². The summed E-state index contributed by atoms with van der Waals surface area (Å²) in [5.74, 6) is -3.31. The van der Waals surface area contributed by atoms with Gasteiger partial charge in [0.25, 0.3) is 0 Å². The van der Waals surface area contributed by atoms with Crippen molar-refractivity contribution in [3.8, 4) is 5.75 Å². The third-order valence-electron chi connectivity index (χ3n) is 4.98. The molecule has 0 amide bonds. The molecule has 0 fully saturated rings. The number of aliphatic carboxylic acids is 1. The zero-order chi connectivity index (χ0) is 22.5. The average Bonchev–Trinajstić information content (AvgIpc) is 2.74. The summed E-state index contributed by atoms with van der Waals surface area (Å²) in [5.41, 5.74) is 1.98. The van der Waals surface area contributed by atoms with Crippen LogP contribution in [0.1, 0.15) is 30.4 Å². The molecule has 162 valence electrons. The van der Waals surface area contributed by atoms with Gasteiger partial charge in [-0.2, -0.15) is 0 Å². The van der Waals surface area contributed by atoms with Crippen LogP contribution in [-0.2, 0) is 19.1 Å². The molecule has 2 aromatic carbocycles. The number of carbonyl (C=O) groups is 3. The van der Waals surface area contributed by atoms with Gasteiger partial charge in [0.1, 0.15) is 16.7 Å². The molecule has 3 rings (SSSR count). The third-order valence-corrected chi connectivity index (χ3v) is 5.84. The summed E-state index contributed by atoms with van der Waals surface area (Å²) in [6, 6.07) is 12.4. The monoisotopic (exact) mass is 462 g/mol. The summed E-state index contributed by atoms with van der Waals surface area (Å²) in [7, 11) is 0. The van der Waals surface area contributed by atoms with Gasteiger partial charge >= 0.3 is 11.9 Å². The van der Waals surface area contributed by atoms with Gasteiger partial charge in [-0.15, -0.1) is 0 Å². The van der Waals surface area contributed by atoms with Crippen molar-refractivity contribution in [1.29, 1.82) is 0 Å². The summed E-state index contributed by atoms with van der Waals surface area (Å²) in [5, 5.41) is 8.98. The number of rotatable bonds is 7. The van der Waals surface area contributed by atoms with Gasteiger partial charge in [0.05, 0.1) is 11.6 Å². The number of benzene rings is 2. The van der Waals surface area contributed by atoms with E-state index >= 15 is 0 Å². The number of carboxylic acids is 1. The van der Waals surface area contributed by atoms with E-state index in [1.807, 2.05) is 30.3 Å². The minimum atomic E-state index is -1.15. The topological polar surface area (TPSA) is 89.9 Å². The fourth-order valence-corrected chi connectivity index (χ4v) is 4.11. The Hall–Kier alpha value is -2.83. The minimum Gasteiger partial charge on any atom is -0.480 e. The van der Waals surface area contributed by atoms with Gasteiger partial charge in [0, 0.05) is 5.92 Å². The second-order valence-corrected chi connectivity index (χ2v) is 7.70. The zero-order valence-corrected chi connectivity index (χ0v) is 18.2. The first-order valence-electron chi connectivity index (χ1n) is 9.62. The second-order valence-electron chi connectivity index (χ2n) is 6.94. The van der Waals surface area contributed by atoms with E-state index in [1.165, 1.54) is 12.1 Å². The number of carboxylic acid groups (broad SMARTS) is 1. The molecular weight excluding hydrogens is 443 g/mol. The number of carbonyl (C=O) groups excluding carboxylic acids is 2. The molecule has 0 radical (unpaired) electrons. The van der Waals surface area contributed by atoms with Crippen LogP contribution in [0.5, 0.6) is 5.75 Å². The molecule has 0 bridgehead atoms. The Morgan fingerprint density at radius 2 is 1.81 bits per heavy atom. The molecular formula is C23H20Cl2O6. The molecule has 1 aliphatic carbocycles. The van der Waals surface area contributed by atoms with Crippen molar-refractivity contribution in [3.63, 3.8) is 0 Å². The Morgan fingerprint density at radius 1 is 1.10 bits per heavy atom. The van der Waals surface area contributed by atoms with E-state index in [1.54, 1.807) is 13.0 Å². The van der Waals surface area contributed by atoms with E-state index in [4.69, 9.17) is 37.8 Å². The van der Waals surface area contributed by atoms with Crippen molar-refractivity contribution < 1.29 is 29.0 Å². The maximum atomic E-state index is 13.0. The highest BCUT2D eigenvalue weighted by molar-refractivity contribution is 6.44. The first-order chi connectivity index (χ1) is 14.8. The van der Waals surface area contributed by atoms with E-state index in [-0.39, 0.29) is 28.2 Å². The number of ketones is 1. The summed E-state index contributed by atoms with van der Waals surface area (Å²) in [4.78, 5) is 36.3. The van der Waals surface area contributed by atoms with Crippen LogP contribution in [0.3, 0.4) is 0 Å². The van der Waals surface area contributed by atoms with Crippen molar-refractivity contribution >= 4 is 46.5 Å². The number of ether oxygens (including phenoxy) is 2.